The highest BCUT2D eigenvalue weighted by atomic mass is 19.2. The molecule has 0 radical (unpaired) electrons. The third-order valence-electron chi connectivity index (χ3n) is 8.78. The molecule has 2 rings (SSSR count). The molecule has 6 N–H and O–H groups in total. The van der Waals surface area contributed by atoms with Gasteiger partial charge in [0.15, 0.2) is 6.29 Å². The Morgan fingerprint density at radius 2 is 1.11 bits per heavy atom. The van der Waals surface area contributed by atoms with E-state index >= 15 is 0 Å². The number of halogens is 5. The van der Waals surface area contributed by atoms with E-state index in [1.807, 2.05) is 0 Å². The lowest BCUT2D eigenvalue weighted by atomic mass is 10.0. The minimum absolute atomic E-state index is 0.0945. The van der Waals surface area contributed by atoms with Gasteiger partial charge >= 0.3 is 5.97 Å². The molecule has 0 spiro atoms. The molecule has 3 amide bonds. The molecule has 14 nitrogen and oxygen atoms in total. The van der Waals surface area contributed by atoms with Gasteiger partial charge in [-0.05, 0) is 32.1 Å². The number of nitrogens with one attached hydrogen (secondary N) is 3. The molecule has 1 heterocycles. The van der Waals surface area contributed by atoms with Crippen LogP contribution < -0.4 is 20.7 Å². The predicted octanol–water partition coefficient (Wildman–Crippen LogP) is 3.35. The average molecular weight is 814 g/mol. The first-order chi connectivity index (χ1) is 26.8. The smallest absolute Gasteiger partial charge is 0.311 e. The summed E-state index contributed by atoms with van der Waals surface area (Å²) in [5, 5.41) is 37.0. The van der Waals surface area contributed by atoms with Crippen LogP contribution in [0.4, 0.5) is 22.0 Å². The Balaban J connectivity index is 1.32. The lowest BCUT2D eigenvalue weighted by Crippen LogP contribution is -2.50. The Hall–Kier alpha value is -3.49. The van der Waals surface area contributed by atoms with Crippen LogP contribution in [0.15, 0.2) is 0 Å². The molecular formula is C37H56F5N3O11. The summed E-state index contributed by atoms with van der Waals surface area (Å²) < 4.78 is 87.5. The second kappa shape index (κ2) is 28.0. The molecule has 1 aromatic carbocycles. The molecule has 1 fully saturated rings. The summed E-state index contributed by atoms with van der Waals surface area (Å²) >= 11 is 0. The topological polar surface area (TPSA) is 202 Å². The number of carbonyl (C=O) groups is 4. The number of benzene rings is 1. The zero-order chi connectivity index (χ0) is 41.3. The SMILES string of the molecule is O=C(CCCCO[C@H]1C[C@@H](O)[C@@H](O)[C@@H](CO)O1)NCCCNC(=O)CCOCCNC(=O)CCCCCCCCCCC(=O)Oc1c(F)c(F)c(F)c(F)c1F. The number of hydrogen-bond acceptors (Lipinski definition) is 11. The quantitative estimate of drug-likeness (QED) is 0.0173. The molecule has 0 aliphatic carbocycles. The summed E-state index contributed by atoms with van der Waals surface area (Å²) in [6, 6.07) is 0. The van der Waals surface area contributed by atoms with E-state index < -0.39 is 72.0 Å². The monoisotopic (exact) mass is 813 g/mol. The van der Waals surface area contributed by atoms with E-state index in [9.17, 15) is 56.4 Å². The number of aliphatic hydroxyl groups excluding tert-OH is 3. The first kappa shape index (κ1) is 48.7. The summed E-state index contributed by atoms with van der Waals surface area (Å²) in [4.78, 5) is 47.8. The molecule has 0 aromatic heterocycles. The van der Waals surface area contributed by atoms with Gasteiger partial charge in [0.25, 0.3) is 0 Å². The molecule has 0 saturated carbocycles. The van der Waals surface area contributed by atoms with Crippen LogP contribution in [0, 0.1) is 29.1 Å². The van der Waals surface area contributed by atoms with Crippen LogP contribution in [0.3, 0.4) is 0 Å². The fourth-order valence-electron chi connectivity index (χ4n) is 5.57. The highest BCUT2D eigenvalue weighted by Crippen LogP contribution is 2.29. The van der Waals surface area contributed by atoms with Gasteiger partial charge in [0.2, 0.25) is 52.6 Å². The molecule has 1 aromatic rings. The molecular weight excluding hydrogens is 757 g/mol. The third kappa shape index (κ3) is 19.1. The predicted molar refractivity (Wildman–Crippen MR) is 189 cm³/mol. The fraction of sp³-hybridized carbons (Fsp3) is 0.730. The van der Waals surface area contributed by atoms with E-state index in [0.29, 0.717) is 77.6 Å². The van der Waals surface area contributed by atoms with Crippen LogP contribution >= 0.6 is 0 Å². The number of unbranched alkanes of at least 4 members (excludes halogenated alkanes) is 8. The number of carbonyl (C=O) groups excluding carboxylic acids is 4. The van der Waals surface area contributed by atoms with Crippen molar-refractivity contribution in [2.24, 2.45) is 0 Å². The van der Waals surface area contributed by atoms with Crippen molar-refractivity contribution in [3.05, 3.63) is 29.1 Å². The summed E-state index contributed by atoms with van der Waals surface area (Å²) in [7, 11) is 0. The molecule has 1 saturated heterocycles. The van der Waals surface area contributed by atoms with Gasteiger partial charge in [0.05, 0.1) is 25.9 Å². The van der Waals surface area contributed by atoms with Crippen molar-refractivity contribution < 1.29 is 75.4 Å². The number of esters is 1. The zero-order valence-corrected chi connectivity index (χ0v) is 31.6. The molecule has 1 aliphatic rings. The van der Waals surface area contributed by atoms with Gasteiger partial charge in [-0.1, -0.05) is 38.5 Å². The van der Waals surface area contributed by atoms with Crippen molar-refractivity contribution in [3.63, 3.8) is 0 Å². The third-order valence-corrected chi connectivity index (χ3v) is 8.78. The Morgan fingerprint density at radius 3 is 1.70 bits per heavy atom. The van der Waals surface area contributed by atoms with Crippen LogP contribution in [0.2, 0.25) is 0 Å². The largest absolute Gasteiger partial charge is 0.420 e. The van der Waals surface area contributed by atoms with E-state index in [1.54, 1.807) is 0 Å². The zero-order valence-electron chi connectivity index (χ0n) is 31.6. The van der Waals surface area contributed by atoms with E-state index in [2.05, 4.69) is 20.7 Å². The Labute approximate surface area is 323 Å². The number of ether oxygens (including phenoxy) is 4. The van der Waals surface area contributed by atoms with Gasteiger partial charge in [0.1, 0.15) is 12.2 Å². The number of aliphatic hydroxyl groups is 3. The van der Waals surface area contributed by atoms with E-state index in [-0.39, 0.29) is 50.2 Å². The van der Waals surface area contributed by atoms with Crippen LogP contribution in [0.1, 0.15) is 103 Å². The second-order valence-electron chi connectivity index (χ2n) is 13.4. The lowest BCUT2D eigenvalue weighted by molar-refractivity contribution is -0.256. The molecule has 1 aliphatic heterocycles. The first-order valence-corrected chi connectivity index (χ1v) is 19.2. The van der Waals surface area contributed by atoms with Gasteiger partial charge in [-0.15, -0.1) is 0 Å². The number of amides is 3. The normalized spacial score (nSPS) is 18.1. The van der Waals surface area contributed by atoms with E-state index in [4.69, 9.17) is 14.2 Å². The minimum atomic E-state index is -2.33. The van der Waals surface area contributed by atoms with Crippen molar-refractivity contribution in [2.75, 3.05) is 46.1 Å². The van der Waals surface area contributed by atoms with Gasteiger partial charge in [0, 0.05) is 58.3 Å². The Kier molecular flexibility index (Phi) is 24.3. The highest BCUT2D eigenvalue weighted by molar-refractivity contribution is 5.76. The highest BCUT2D eigenvalue weighted by Gasteiger charge is 2.36. The molecule has 0 unspecified atom stereocenters. The summed E-state index contributed by atoms with van der Waals surface area (Å²) in [5.74, 6) is -14.2. The Morgan fingerprint density at radius 1 is 0.607 bits per heavy atom. The van der Waals surface area contributed by atoms with Crippen LogP contribution in [0.25, 0.3) is 0 Å². The maximum absolute atomic E-state index is 13.6. The number of hydrogen-bond donors (Lipinski definition) is 6. The maximum Gasteiger partial charge on any atom is 0.311 e. The second-order valence-corrected chi connectivity index (χ2v) is 13.4. The minimum Gasteiger partial charge on any atom is -0.420 e. The standard InChI is InChI=1S/C37H56F5N3O11/c38-31-32(39)34(41)37(35(42)33(31)40)56-29(51)14-8-6-4-2-1-3-5-7-12-27(49)45-18-21-53-20-15-28(50)44-17-11-16-43-26(48)13-9-10-19-54-30-22-24(47)36(52)25(23-46)55-30/h24-25,30,36,46-47,52H,1-23H2,(H,43,48)(H,44,50)(H,45,49)/t24-,25-,30-,36-/m1/s1. The van der Waals surface area contributed by atoms with Crippen LogP contribution in [-0.4, -0.2) is 110 Å². The van der Waals surface area contributed by atoms with Gasteiger partial charge in [-0.25, -0.2) is 13.2 Å². The molecule has 4 atom stereocenters. The van der Waals surface area contributed by atoms with Crippen molar-refractivity contribution in [1.82, 2.24) is 16.0 Å². The van der Waals surface area contributed by atoms with Crippen LogP contribution in [-0.2, 0) is 33.4 Å². The lowest BCUT2D eigenvalue weighted by Gasteiger charge is -2.36. The van der Waals surface area contributed by atoms with Crippen molar-refractivity contribution >= 4 is 23.7 Å². The van der Waals surface area contributed by atoms with E-state index in [1.165, 1.54) is 0 Å². The van der Waals surface area contributed by atoms with E-state index in [0.717, 1.165) is 32.1 Å². The molecule has 19 heteroatoms. The van der Waals surface area contributed by atoms with Crippen molar-refractivity contribution in [2.45, 2.75) is 127 Å². The van der Waals surface area contributed by atoms with Gasteiger partial charge in [-0.2, -0.15) is 8.78 Å². The first-order valence-electron chi connectivity index (χ1n) is 19.2. The summed E-state index contributed by atoms with van der Waals surface area (Å²) in [6.45, 7) is 1.44. The average Bonchev–Trinajstić information content (AvgIpc) is 3.17. The molecule has 320 valence electrons. The van der Waals surface area contributed by atoms with Gasteiger partial charge < -0.3 is 50.2 Å². The van der Waals surface area contributed by atoms with Crippen molar-refractivity contribution in [3.8, 4) is 5.75 Å². The molecule has 0 bridgehead atoms. The van der Waals surface area contributed by atoms with Crippen LogP contribution in [0.5, 0.6) is 5.75 Å². The maximum atomic E-state index is 13.6. The Bertz CT molecular complexity index is 1330. The number of rotatable bonds is 29. The fourth-order valence-corrected chi connectivity index (χ4v) is 5.57. The van der Waals surface area contributed by atoms with Gasteiger partial charge in [-0.3, -0.25) is 19.2 Å². The summed E-state index contributed by atoms with van der Waals surface area (Å²) in [5.41, 5.74) is 0. The molecule has 56 heavy (non-hydrogen) atoms. The van der Waals surface area contributed by atoms with Crippen molar-refractivity contribution in [1.29, 1.82) is 0 Å². The summed E-state index contributed by atoms with van der Waals surface area (Å²) in [6.07, 6.45) is 4.48.